The van der Waals surface area contributed by atoms with E-state index in [0.29, 0.717) is 0 Å². The van der Waals surface area contributed by atoms with Gasteiger partial charge in [0.2, 0.25) is 0 Å². The van der Waals surface area contributed by atoms with Gasteiger partial charge in [0.1, 0.15) is 0 Å². The number of fused-ring (bicyclic) bond motifs is 6. The lowest BCUT2D eigenvalue weighted by molar-refractivity contribution is 0.592. The molecule has 4 heteroatoms. The molecule has 1 unspecified atom stereocenters. The van der Waals surface area contributed by atoms with Gasteiger partial charge in [0.15, 0.2) is 7.14 Å². The molecule has 0 aliphatic rings. The quantitative estimate of drug-likeness (QED) is 0.162. The number of hydrogen-bond donors (Lipinski definition) is 0. The van der Waals surface area contributed by atoms with E-state index in [4.69, 9.17) is 9.97 Å². The summed E-state index contributed by atoms with van der Waals surface area (Å²) in [6.45, 7) is 0. The van der Waals surface area contributed by atoms with Crippen LogP contribution in [0.1, 0.15) is 0 Å². The fraction of sp³-hybridized carbons (Fsp3) is 0. The molecule has 42 heavy (non-hydrogen) atoms. The highest BCUT2D eigenvalue weighted by Gasteiger charge is 2.30. The number of rotatable bonds is 4. The van der Waals surface area contributed by atoms with E-state index >= 15 is 4.57 Å². The van der Waals surface area contributed by atoms with Crippen LogP contribution in [-0.2, 0) is 4.57 Å². The predicted octanol–water partition coefficient (Wildman–Crippen LogP) is 8.40. The molecule has 0 N–H and O–H groups in total. The molecule has 3 nitrogen and oxygen atoms in total. The molecule has 0 radical (unpaired) electrons. The molecular weight excluding hydrogens is 531 g/mol. The van der Waals surface area contributed by atoms with Crippen molar-refractivity contribution in [1.82, 2.24) is 9.97 Å². The highest BCUT2D eigenvalue weighted by atomic mass is 31.2. The van der Waals surface area contributed by atoms with Crippen molar-refractivity contribution in [3.63, 3.8) is 0 Å². The SMILES string of the molecule is O=P(c1ccccc1)(c1ccc(-c2cc3c4ccccc4cnc3c3ncccc23)cc1)c1ccc2ccccc2c1. The summed E-state index contributed by atoms with van der Waals surface area (Å²) in [5.74, 6) is 0. The predicted molar refractivity (Wildman–Crippen MR) is 177 cm³/mol. The zero-order chi connectivity index (χ0) is 28.1. The molecule has 8 rings (SSSR count). The summed E-state index contributed by atoms with van der Waals surface area (Å²) in [7, 11) is -3.13. The second kappa shape index (κ2) is 9.76. The summed E-state index contributed by atoms with van der Waals surface area (Å²) >= 11 is 0. The van der Waals surface area contributed by atoms with Gasteiger partial charge in [-0.1, -0.05) is 121 Å². The van der Waals surface area contributed by atoms with Crippen LogP contribution >= 0.6 is 7.14 Å². The summed E-state index contributed by atoms with van der Waals surface area (Å²) in [4.78, 5) is 9.56. The highest BCUT2D eigenvalue weighted by Crippen LogP contribution is 2.44. The van der Waals surface area contributed by atoms with E-state index < -0.39 is 7.14 Å². The Morgan fingerprint density at radius 3 is 1.93 bits per heavy atom. The van der Waals surface area contributed by atoms with Gasteiger partial charge in [0.05, 0.1) is 11.0 Å². The van der Waals surface area contributed by atoms with Crippen molar-refractivity contribution < 1.29 is 4.57 Å². The number of pyridine rings is 2. The molecule has 0 aliphatic carbocycles. The minimum atomic E-state index is -3.13. The van der Waals surface area contributed by atoms with Gasteiger partial charge in [0, 0.05) is 44.5 Å². The van der Waals surface area contributed by atoms with Crippen LogP contribution in [0.5, 0.6) is 0 Å². The monoisotopic (exact) mass is 556 g/mol. The van der Waals surface area contributed by atoms with Gasteiger partial charge in [-0.15, -0.1) is 0 Å². The third-order valence-electron chi connectivity index (χ3n) is 8.21. The minimum absolute atomic E-state index is 0.808. The van der Waals surface area contributed by atoms with E-state index in [1.807, 2.05) is 85.2 Å². The zero-order valence-corrected chi connectivity index (χ0v) is 23.6. The first-order valence-corrected chi connectivity index (χ1v) is 15.7. The van der Waals surface area contributed by atoms with Gasteiger partial charge < -0.3 is 4.57 Å². The molecule has 0 saturated carbocycles. The van der Waals surface area contributed by atoms with Crippen molar-refractivity contribution in [3.05, 3.63) is 152 Å². The van der Waals surface area contributed by atoms with Crippen LogP contribution < -0.4 is 15.9 Å². The molecule has 0 spiro atoms. The van der Waals surface area contributed by atoms with Crippen LogP contribution in [0.3, 0.4) is 0 Å². The van der Waals surface area contributed by atoms with E-state index in [0.717, 1.165) is 70.4 Å². The first-order valence-electron chi connectivity index (χ1n) is 14.0. The smallest absolute Gasteiger partial charge is 0.171 e. The molecule has 6 aromatic carbocycles. The Morgan fingerprint density at radius 2 is 1.10 bits per heavy atom. The van der Waals surface area contributed by atoms with Crippen LogP contribution in [-0.4, -0.2) is 9.97 Å². The Balaban J connectivity index is 1.33. The van der Waals surface area contributed by atoms with Gasteiger partial charge in [-0.25, -0.2) is 0 Å². The number of hydrogen-bond acceptors (Lipinski definition) is 3. The second-order valence-electron chi connectivity index (χ2n) is 10.6. The molecule has 1 atom stereocenters. The third-order valence-corrected chi connectivity index (χ3v) is 11.3. The third kappa shape index (κ3) is 3.86. The van der Waals surface area contributed by atoms with Crippen LogP contribution in [0.25, 0.3) is 54.5 Å². The molecule has 198 valence electrons. The van der Waals surface area contributed by atoms with Gasteiger partial charge in [-0.2, -0.15) is 0 Å². The molecule has 0 fully saturated rings. The lowest BCUT2D eigenvalue weighted by Crippen LogP contribution is -2.25. The van der Waals surface area contributed by atoms with Gasteiger partial charge in [0.25, 0.3) is 0 Å². The fourth-order valence-corrected chi connectivity index (χ4v) is 8.76. The maximum atomic E-state index is 15.2. The molecule has 0 bridgehead atoms. The summed E-state index contributed by atoms with van der Waals surface area (Å²) in [6.07, 6.45) is 3.75. The molecule has 0 saturated heterocycles. The van der Waals surface area contributed by atoms with Gasteiger partial charge in [-0.05, 0) is 45.5 Å². The summed E-state index contributed by atoms with van der Waals surface area (Å²) in [5, 5.41) is 9.05. The maximum Gasteiger partial charge on any atom is 0.171 e. The van der Waals surface area contributed by atoms with Crippen molar-refractivity contribution in [3.8, 4) is 11.1 Å². The number of aromatic nitrogens is 2. The Kier molecular flexibility index (Phi) is 5.73. The average Bonchev–Trinajstić information content (AvgIpc) is 3.07. The lowest BCUT2D eigenvalue weighted by Gasteiger charge is -2.21. The standard InChI is InChI=1S/C38H25N2OP/c41-42(30-12-2-1-3-13-30,32-21-16-26-9-4-5-10-28(26)23-32)31-19-17-27(18-20-31)35-24-36-33-14-7-6-11-29(33)25-40-38(36)37-34(35)15-8-22-39-37/h1-25H. The first kappa shape index (κ1) is 24.7. The van der Waals surface area contributed by atoms with Gasteiger partial charge >= 0.3 is 0 Å². The molecule has 0 amide bonds. The van der Waals surface area contributed by atoms with Crippen molar-refractivity contribution in [2.75, 3.05) is 0 Å². The number of benzene rings is 6. The lowest BCUT2D eigenvalue weighted by atomic mass is 9.96. The fourth-order valence-electron chi connectivity index (χ4n) is 6.10. The van der Waals surface area contributed by atoms with Crippen molar-refractivity contribution >= 4 is 66.4 Å². The largest absolute Gasteiger partial charge is 0.309 e. The maximum absolute atomic E-state index is 15.2. The normalized spacial score (nSPS) is 13.0. The minimum Gasteiger partial charge on any atom is -0.309 e. The van der Waals surface area contributed by atoms with Crippen LogP contribution in [0.2, 0.25) is 0 Å². The van der Waals surface area contributed by atoms with Crippen LogP contribution in [0.15, 0.2) is 152 Å². The molecule has 8 aromatic rings. The highest BCUT2D eigenvalue weighted by molar-refractivity contribution is 7.85. The Morgan fingerprint density at radius 1 is 0.452 bits per heavy atom. The van der Waals surface area contributed by atoms with Crippen molar-refractivity contribution in [1.29, 1.82) is 0 Å². The zero-order valence-electron chi connectivity index (χ0n) is 22.7. The van der Waals surface area contributed by atoms with Crippen LogP contribution in [0.4, 0.5) is 0 Å². The first-order chi connectivity index (χ1) is 20.7. The van der Waals surface area contributed by atoms with E-state index in [1.54, 1.807) is 0 Å². The molecule has 0 aliphatic heterocycles. The van der Waals surface area contributed by atoms with Crippen molar-refractivity contribution in [2.24, 2.45) is 0 Å². The molecular formula is C38H25N2OP. The number of nitrogens with zero attached hydrogens (tertiary/aromatic N) is 2. The van der Waals surface area contributed by atoms with Crippen LogP contribution in [0, 0.1) is 0 Å². The summed E-state index contributed by atoms with van der Waals surface area (Å²) in [6, 6.07) is 47.1. The van der Waals surface area contributed by atoms with Gasteiger partial charge in [-0.3, -0.25) is 9.97 Å². The Hall–Kier alpha value is -5.11. The van der Waals surface area contributed by atoms with E-state index in [2.05, 4.69) is 66.7 Å². The van der Waals surface area contributed by atoms with Crippen molar-refractivity contribution in [2.45, 2.75) is 0 Å². The average molecular weight is 557 g/mol. The summed E-state index contributed by atoms with van der Waals surface area (Å²) in [5.41, 5.74) is 3.90. The molecule has 2 aromatic heterocycles. The van der Waals surface area contributed by atoms with E-state index in [-0.39, 0.29) is 0 Å². The summed E-state index contributed by atoms with van der Waals surface area (Å²) < 4.78 is 15.2. The molecule has 2 heterocycles. The second-order valence-corrected chi connectivity index (χ2v) is 13.4. The van der Waals surface area contributed by atoms with E-state index in [9.17, 15) is 0 Å². The Bertz CT molecular complexity index is 2330. The topological polar surface area (TPSA) is 42.9 Å². The Labute approximate surface area is 243 Å². The van der Waals surface area contributed by atoms with E-state index in [1.165, 1.54) is 0 Å².